The normalized spacial score (nSPS) is 15.0. The van der Waals surface area contributed by atoms with Gasteiger partial charge in [0, 0.05) is 24.2 Å². The number of methoxy groups -OCH3 is 1. The number of benzene rings is 2. The van der Waals surface area contributed by atoms with Crippen molar-refractivity contribution in [2.75, 3.05) is 18.6 Å². The van der Waals surface area contributed by atoms with Crippen LogP contribution in [0.15, 0.2) is 48.5 Å². The molecule has 136 valence electrons. The highest BCUT2D eigenvalue weighted by Crippen LogP contribution is 2.23. The Morgan fingerprint density at radius 3 is 2.38 bits per heavy atom. The Morgan fingerprint density at radius 1 is 1.15 bits per heavy atom. The van der Waals surface area contributed by atoms with E-state index in [1.165, 1.54) is 0 Å². The van der Waals surface area contributed by atoms with Crippen molar-refractivity contribution in [3.63, 3.8) is 0 Å². The molecule has 0 saturated carbocycles. The predicted octanol–water partition coefficient (Wildman–Crippen LogP) is 3.70. The van der Waals surface area contributed by atoms with Crippen LogP contribution >= 0.6 is 0 Å². The highest BCUT2D eigenvalue weighted by molar-refractivity contribution is 5.97. The van der Waals surface area contributed by atoms with Gasteiger partial charge in [0.15, 0.2) is 0 Å². The second-order valence-corrected chi connectivity index (χ2v) is 6.40. The first-order chi connectivity index (χ1) is 12.6. The van der Waals surface area contributed by atoms with E-state index in [1.807, 2.05) is 43.3 Å². The fourth-order valence-corrected chi connectivity index (χ4v) is 3.21. The topological polar surface area (TPSA) is 58.6 Å². The highest BCUT2D eigenvalue weighted by Gasteiger charge is 2.22. The Morgan fingerprint density at radius 2 is 1.85 bits per heavy atom. The summed E-state index contributed by atoms with van der Waals surface area (Å²) in [5, 5.41) is 3.07. The van der Waals surface area contributed by atoms with Gasteiger partial charge in [-0.1, -0.05) is 19.1 Å². The largest absolute Gasteiger partial charge is 0.497 e. The predicted molar refractivity (Wildman–Crippen MR) is 102 cm³/mol. The molecule has 5 heteroatoms. The Labute approximate surface area is 154 Å². The number of rotatable bonds is 6. The Balaban J connectivity index is 1.68. The molecule has 1 saturated heterocycles. The molecule has 1 aliphatic heterocycles. The van der Waals surface area contributed by atoms with Gasteiger partial charge >= 0.3 is 0 Å². The van der Waals surface area contributed by atoms with Crippen LogP contribution in [0.5, 0.6) is 5.75 Å². The van der Waals surface area contributed by atoms with Crippen LogP contribution in [0.25, 0.3) is 0 Å². The van der Waals surface area contributed by atoms with Crippen LogP contribution in [-0.2, 0) is 4.79 Å². The van der Waals surface area contributed by atoms with Crippen LogP contribution in [0.4, 0.5) is 5.69 Å². The molecule has 2 amide bonds. The lowest BCUT2D eigenvalue weighted by atomic mass is 10.0. The number of ether oxygens (including phenoxy) is 1. The maximum Gasteiger partial charge on any atom is 0.251 e. The van der Waals surface area contributed by atoms with E-state index in [2.05, 4.69) is 5.32 Å². The van der Waals surface area contributed by atoms with Crippen molar-refractivity contribution in [1.29, 1.82) is 0 Å². The summed E-state index contributed by atoms with van der Waals surface area (Å²) < 4.78 is 5.18. The lowest BCUT2D eigenvalue weighted by Crippen LogP contribution is -2.28. The molecule has 2 aromatic rings. The molecule has 0 unspecified atom stereocenters. The molecule has 0 bridgehead atoms. The van der Waals surface area contributed by atoms with Crippen molar-refractivity contribution in [2.45, 2.75) is 32.2 Å². The van der Waals surface area contributed by atoms with Gasteiger partial charge in [0.2, 0.25) is 5.91 Å². The standard InChI is InChI=1S/C21H24N2O3/c1-3-19(15-8-12-18(26-2)13-9-15)22-21(25)16-6-10-17(11-7-16)23-14-4-5-20(23)24/h6-13,19H,3-5,14H2,1-2H3,(H,22,25)/t19-/m0/s1. The van der Waals surface area contributed by atoms with Crippen LogP contribution in [0.2, 0.25) is 0 Å². The minimum absolute atomic E-state index is 0.0618. The molecular weight excluding hydrogens is 328 g/mol. The summed E-state index contributed by atoms with van der Waals surface area (Å²) in [5.41, 5.74) is 2.49. The van der Waals surface area contributed by atoms with Crippen molar-refractivity contribution < 1.29 is 14.3 Å². The van der Waals surface area contributed by atoms with Crippen molar-refractivity contribution >= 4 is 17.5 Å². The van der Waals surface area contributed by atoms with E-state index >= 15 is 0 Å². The van der Waals surface area contributed by atoms with Crippen LogP contribution in [-0.4, -0.2) is 25.5 Å². The number of nitrogens with one attached hydrogen (secondary N) is 1. The Hall–Kier alpha value is -2.82. The van der Waals surface area contributed by atoms with Gasteiger partial charge in [0.05, 0.1) is 13.2 Å². The molecule has 1 N–H and O–H groups in total. The van der Waals surface area contributed by atoms with E-state index in [0.29, 0.717) is 12.0 Å². The number of nitrogens with zero attached hydrogens (tertiary/aromatic N) is 1. The van der Waals surface area contributed by atoms with E-state index in [-0.39, 0.29) is 17.9 Å². The molecule has 0 radical (unpaired) electrons. The van der Waals surface area contributed by atoms with Crippen molar-refractivity contribution in [3.05, 3.63) is 59.7 Å². The molecule has 2 aromatic carbocycles. The molecule has 1 fully saturated rings. The van der Waals surface area contributed by atoms with Gasteiger partial charge in [0.25, 0.3) is 5.91 Å². The van der Waals surface area contributed by atoms with Crippen molar-refractivity contribution in [2.24, 2.45) is 0 Å². The van der Waals surface area contributed by atoms with Crippen molar-refractivity contribution in [3.8, 4) is 5.75 Å². The van der Waals surface area contributed by atoms with Crippen LogP contribution in [0.1, 0.15) is 48.1 Å². The lowest BCUT2D eigenvalue weighted by Gasteiger charge is -2.19. The quantitative estimate of drug-likeness (QED) is 0.862. The van der Waals surface area contributed by atoms with Crippen LogP contribution in [0, 0.1) is 0 Å². The zero-order valence-corrected chi connectivity index (χ0v) is 15.2. The third-order valence-electron chi connectivity index (χ3n) is 4.75. The Bertz CT molecular complexity index is 769. The monoisotopic (exact) mass is 352 g/mol. The van der Waals surface area contributed by atoms with E-state index < -0.39 is 0 Å². The molecule has 26 heavy (non-hydrogen) atoms. The van der Waals surface area contributed by atoms with Gasteiger partial charge in [-0.25, -0.2) is 0 Å². The minimum Gasteiger partial charge on any atom is -0.497 e. The third-order valence-corrected chi connectivity index (χ3v) is 4.75. The molecule has 3 rings (SSSR count). The zero-order valence-electron chi connectivity index (χ0n) is 15.2. The first-order valence-corrected chi connectivity index (χ1v) is 8.97. The third kappa shape index (κ3) is 3.87. The maximum absolute atomic E-state index is 12.6. The van der Waals surface area contributed by atoms with Crippen LogP contribution < -0.4 is 15.0 Å². The molecule has 0 spiro atoms. The zero-order chi connectivity index (χ0) is 18.5. The summed E-state index contributed by atoms with van der Waals surface area (Å²) in [6.45, 7) is 2.79. The second-order valence-electron chi connectivity index (χ2n) is 6.40. The number of hydrogen-bond acceptors (Lipinski definition) is 3. The summed E-state index contributed by atoms with van der Waals surface area (Å²) >= 11 is 0. The molecular formula is C21H24N2O3. The summed E-state index contributed by atoms with van der Waals surface area (Å²) in [4.78, 5) is 26.2. The van der Waals surface area contributed by atoms with Gasteiger partial charge in [-0.05, 0) is 54.8 Å². The molecule has 0 aromatic heterocycles. The number of anilines is 1. The van der Waals surface area contributed by atoms with E-state index in [0.717, 1.165) is 36.4 Å². The average Bonchev–Trinajstić information content (AvgIpc) is 3.12. The van der Waals surface area contributed by atoms with E-state index in [1.54, 1.807) is 24.1 Å². The van der Waals surface area contributed by atoms with E-state index in [4.69, 9.17) is 4.74 Å². The maximum atomic E-state index is 12.6. The fourth-order valence-electron chi connectivity index (χ4n) is 3.21. The Kier molecular flexibility index (Phi) is 5.56. The number of carbonyl (C=O) groups is 2. The van der Waals surface area contributed by atoms with Gasteiger partial charge in [-0.3, -0.25) is 9.59 Å². The van der Waals surface area contributed by atoms with E-state index in [9.17, 15) is 9.59 Å². The summed E-state index contributed by atoms with van der Waals surface area (Å²) in [6.07, 6.45) is 2.28. The highest BCUT2D eigenvalue weighted by atomic mass is 16.5. The molecule has 5 nitrogen and oxygen atoms in total. The molecule has 1 heterocycles. The van der Waals surface area contributed by atoms with Gasteiger partial charge in [-0.2, -0.15) is 0 Å². The van der Waals surface area contributed by atoms with Gasteiger partial charge < -0.3 is 15.0 Å². The SMILES string of the molecule is CC[C@H](NC(=O)c1ccc(N2CCCC2=O)cc1)c1ccc(OC)cc1. The summed E-state index contributed by atoms with van der Waals surface area (Å²) in [6, 6.07) is 14.9. The van der Waals surface area contributed by atoms with Crippen LogP contribution in [0.3, 0.4) is 0 Å². The first-order valence-electron chi connectivity index (χ1n) is 8.97. The fraction of sp³-hybridized carbons (Fsp3) is 0.333. The first kappa shape index (κ1) is 18.0. The number of hydrogen-bond donors (Lipinski definition) is 1. The van der Waals surface area contributed by atoms with Gasteiger partial charge in [-0.15, -0.1) is 0 Å². The molecule has 0 aliphatic carbocycles. The summed E-state index contributed by atoms with van der Waals surface area (Å²) in [5.74, 6) is 0.821. The van der Waals surface area contributed by atoms with Gasteiger partial charge in [0.1, 0.15) is 5.75 Å². The number of carbonyl (C=O) groups excluding carboxylic acids is 2. The lowest BCUT2D eigenvalue weighted by molar-refractivity contribution is -0.117. The minimum atomic E-state index is -0.119. The average molecular weight is 352 g/mol. The number of amides is 2. The smallest absolute Gasteiger partial charge is 0.251 e. The molecule has 1 aliphatic rings. The van der Waals surface area contributed by atoms with Crippen molar-refractivity contribution in [1.82, 2.24) is 5.32 Å². The molecule has 1 atom stereocenters. The summed E-state index contributed by atoms with van der Waals surface area (Å²) in [7, 11) is 1.63. The second kappa shape index (κ2) is 8.04.